The van der Waals surface area contributed by atoms with Gasteiger partial charge in [0.05, 0.1) is 19.5 Å². The molecule has 0 radical (unpaired) electrons. The highest BCUT2D eigenvalue weighted by Crippen LogP contribution is 2.27. The number of nitrogens with two attached hydrogens (primary N) is 1. The second kappa shape index (κ2) is 11.1. The largest absolute Gasteiger partial charge is 0.496 e. The zero-order chi connectivity index (χ0) is 24.7. The second-order valence-electron chi connectivity index (χ2n) is 7.47. The van der Waals surface area contributed by atoms with Crippen molar-refractivity contribution in [2.75, 3.05) is 13.7 Å². The number of amides is 3. The van der Waals surface area contributed by atoms with Gasteiger partial charge in [-0.05, 0) is 17.5 Å². The number of aromatic nitrogens is 2. The van der Waals surface area contributed by atoms with Crippen LogP contribution >= 0.6 is 0 Å². The van der Waals surface area contributed by atoms with Gasteiger partial charge in [0.25, 0.3) is 11.8 Å². The molecule has 0 aliphatic rings. The van der Waals surface area contributed by atoms with Crippen molar-refractivity contribution < 1.29 is 28.7 Å². The summed E-state index contributed by atoms with van der Waals surface area (Å²) in [6, 6.07) is 8.08. The first kappa shape index (κ1) is 24.4. The van der Waals surface area contributed by atoms with Crippen LogP contribution in [0.2, 0.25) is 0 Å². The Morgan fingerprint density at radius 3 is 2.59 bits per heavy atom. The van der Waals surface area contributed by atoms with Crippen LogP contribution in [0.4, 0.5) is 0 Å². The van der Waals surface area contributed by atoms with E-state index in [0.717, 1.165) is 17.7 Å². The molecule has 0 saturated heterocycles. The van der Waals surface area contributed by atoms with Gasteiger partial charge in [-0.1, -0.05) is 24.3 Å². The van der Waals surface area contributed by atoms with E-state index in [4.69, 9.17) is 15.2 Å². The zero-order valence-corrected chi connectivity index (χ0v) is 18.7. The Kier molecular flexibility index (Phi) is 7.93. The average molecular weight is 467 g/mol. The SMILES string of the molecule is COc1cc(C(=O)NC(=O)[C@H](COC(C)=O)NC(=O)[C@@H](N)Cc2cnc[nH]2)cc2ccccc12. The number of carbonyl (C=O) groups is 4. The number of carbonyl (C=O) groups excluding carboxylic acids is 4. The molecular weight excluding hydrogens is 442 g/mol. The number of aromatic amines is 1. The van der Waals surface area contributed by atoms with Gasteiger partial charge in [0.15, 0.2) is 0 Å². The summed E-state index contributed by atoms with van der Waals surface area (Å²) < 4.78 is 10.2. The number of nitrogens with zero attached hydrogens (tertiary/aromatic N) is 1. The number of nitrogens with one attached hydrogen (secondary N) is 3. The van der Waals surface area contributed by atoms with Crippen molar-refractivity contribution >= 4 is 34.5 Å². The van der Waals surface area contributed by atoms with E-state index in [-0.39, 0.29) is 12.0 Å². The van der Waals surface area contributed by atoms with E-state index in [9.17, 15) is 19.2 Å². The Morgan fingerprint density at radius 2 is 1.91 bits per heavy atom. The minimum absolute atomic E-state index is 0.142. The molecule has 2 atom stereocenters. The summed E-state index contributed by atoms with van der Waals surface area (Å²) in [6.45, 7) is 0.686. The third-order valence-electron chi connectivity index (χ3n) is 4.96. The van der Waals surface area contributed by atoms with Crippen LogP contribution in [0.1, 0.15) is 23.0 Å². The lowest BCUT2D eigenvalue weighted by Crippen LogP contribution is -2.55. The molecule has 178 valence electrons. The quantitative estimate of drug-likeness (QED) is 0.329. The van der Waals surface area contributed by atoms with Crippen LogP contribution < -0.4 is 21.1 Å². The van der Waals surface area contributed by atoms with E-state index in [2.05, 4.69) is 20.6 Å². The first-order chi connectivity index (χ1) is 16.3. The highest BCUT2D eigenvalue weighted by Gasteiger charge is 2.27. The zero-order valence-electron chi connectivity index (χ0n) is 18.7. The Morgan fingerprint density at radius 1 is 1.15 bits per heavy atom. The Balaban J connectivity index is 1.73. The van der Waals surface area contributed by atoms with Crippen molar-refractivity contribution in [3.8, 4) is 5.75 Å². The summed E-state index contributed by atoms with van der Waals surface area (Å²) in [5.74, 6) is -2.43. The van der Waals surface area contributed by atoms with Crippen LogP contribution in [0, 0.1) is 0 Å². The monoisotopic (exact) mass is 467 g/mol. The van der Waals surface area contributed by atoms with Crippen molar-refractivity contribution in [2.45, 2.75) is 25.4 Å². The molecule has 0 fully saturated rings. The van der Waals surface area contributed by atoms with E-state index < -0.39 is 42.4 Å². The molecule has 0 aliphatic heterocycles. The van der Waals surface area contributed by atoms with Crippen LogP contribution in [0.5, 0.6) is 5.75 Å². The van der Waals surface area contributed by atoms with Gasteiger partial charge in [-0.3, -0.25) is 24.5 Å². The number of hydrogen-bond donors (Lipinski definition) is 4. The third kappa shape index (κ3) is 6.17. The molecule has 3 rings (SSSR count). The number of imidazole rings is 1. The van der Waals surface area contributed by atoms with Gasteiger partial charge in [0.1, 0.15) is 18.4 Å². The highest BCUT2D eigenvalue weighted by atomic mass is 16.5. The molecule has 3 amide bonds. The topological polar surface area (TPSA) is 165 Å². The van der Waals surface area contributed by atoms with Crippen LogP contribution in [-0.2, 0) is 25.5 Å². The standard InChI is InChI=1S/C23H25N5O6/c1-13(29)34-11-19(27-22(31)18(24)9-16-10-25-12-26-16)23(32)28-21(30)15-7-14-5-3-4-6-17(14)20(8-15)33-2/h3-8,10,12,18-19H,9,11,24H2,1-2H3,(H,25,26)(H,27,31)(H,28,30,32)/t18-,19-/m0/s1. The number of esters is 1. The lowest BCUT2D eigenvalue weighted by atomic mass is 10.1. The fourth-order valence-corrected chi connectivity index (χ4v) is 3.23. The minimum atomic E-state index is -1.34. The summed E-state index contributed by atoms with van der Waals surface area (Å²) in [6.07, 6.45) is 3.11. The number of rotatable bonds is 9. The van der Waals surface area contributed by atoms with E-state index in [1.54, 1.807) is 12.1 Å². The maximum atomic E-state index is 12.8. The Labute approximate surface area is 195 Å². The van der Waals surface area contributed by atoms with Crippen LogP contribution in [-0.4, -0.2) is 59.5 Å². The summed E-state index contributed by atoms with van der Waals surface area (Å²) in [5.41, 5.74) is 6.72. The Bertz CT molecular complexity index is 1190. The summed E-state index contributed by atoms with van der Waals surface area (Å²) >= 11 is 0. The van der Waals surface area contributed by atoms with Gasteiger partial charge < -0.3 is 25.5 Å². The molecule has 2 aromatic carbocycles. The number of H-pyrrole nitrogens is 1. The number of benzene rings is 2. The highest BCUT2D eigenvalue weighted by molar-refractivity contribution is 6.09. The molecule has 11 heteroatoms. The minimum Gasteiger partial charge on any atom is -0.496 e. The third-order valence-corrected chi connectivity index (χ3v) is 4.96. The summed E-state index contributed by atoms with van der Waals surface area (Å²) in [5, 5.41) is 6.21. The molecular formula is C23H25N5O6. The van der Waals surface area contributed by atoms with Gasteiger partial charge in [-0.2, -0.15) is 0 Å². The molecule has 0 aliphatic carbocycles. The van der Waals surface area contributed by atoms with Crippen LogP contribution in [0.15, 0.2) is 48.9 Å². The summed E-state index contributed by atoms with van der Waals surface area (Å²) in [7, 11) is 1.48. The molecule has 3 aromatic rings. The first-order valence-electron chi connectivity index (χ1n) is 10.4. The lowest BCUT2D eigenvalue weighted by Gasteiger charge is -2.20. The Hall–Kier alpha value is -4.25. The fourth-order valence-electron chi connectivity index (χ4n) is 3.23. The van der Waals surface area contributed by atoms with Crippen molar-refractivity contribution in [3.05, 3.63) is 60.2 Å². The molecule has 0 saturated carbocycles. The maximum Gasteiger partial charge on any atom is 0.302 e. The van der Waals surface area contributed by atoms with Crippen molar-refractivity contribution in [1.29, 1.82) is 0 Å². The summed E-state index contributed by atoms with van der Waals surface area (Å²) in [4.78, 5) is 56.1. The molecule has 34 heavy (non-hydrogen) atoms. The molecule has 0 spiro atoms. The predicted molar refractivity (Wildman–Crippen MR) is 122 cm³/mol. The van der Waals surface area contributed by atoms with Crippen LogP contribution in [0.25, 0.3) is 10.8 Å². The second-order valence-corrected chi connectivity index (χ2v) is 7.47. The smallest absolute Gasteiger partial charge is 0.302 e. The van der Waals surface area contributed by atoms with E-state index in [1.807, 2.05) is 18.2 Å². The van der Waals surface area contributed by atoms with E-state index >= 15 is 0 Å². The van der Waals surface area contributed by atoms with Gasteiger partial charge in [0.2, 0.25) is 5.91 Å². The van der Waals surface area contributed by atoms with Gasteiger partial charge in [0, 0.05) is 36.2 Å². The molecule has 0 bridgehead atoms. The molecule has 11 nitrogen and oxygen atoms in total. The van der Waals surface area contributed by atoms with Gasteiger partial charge in [-0.15, -0.1) is 0 Å². The van der Waals surface area contributed by atoms with Gasteiger partial charge in [-0.25, -0.2) is 4.98 Å². The molecule has 0 unspecified atom stereocenters. The molecule has 1 aromatic heterocycles. The lowest BCUT2D eigenvalue weighted by molar-refractivity contribution is -0.144. The number of imide groups is 1. The van der Waals surface area contributed by atoms with Gasteiger partial charge >= 0.3 is 5.97 Å². The number of fused-ring (bicyclic) bond motifs is 1. The maximum absolute atomic E-state index is 12.8. The predicted octanol–water partition coefficient (Wildman–Crippen LogP) is 0.446. The average Bonchev–Trinajstić information content (AvgIpc) is 3.33. The van der Waals surface area contributed by atoms with Crippen LogP contribution in [0.3, 0.4) is 0 Å². The van der Waals surface area contributed by atoms with Crippen molar-refractivity contribution in [2.24, 2.45) is 5.73 Å². The molecule has 5 N–H and O–H groups in total. The fraction of sp³-hybridized carbons (Fsp3) is 0.261. The number of methoxy groups -OCH3 is 1. The normalized spacial score (nSPS) is 12.4. The van der Waals surface area contributed by atoms with E-state index in [1.165, 1.54) is 25.7 Å². The first-order valence-corrected chi connectivity index (χ1v) is 10.4. The van der Waals surface area contributed by atoms with Crippen molar-refractivity contribution in [1.82, 2.24) is 20.6 Å². The molecule has 1 heterocycles. The van der Waals surface area contributed by atoms with E-state index in [0.29, 0.717) is 11.4 Å². The number of hydrogen-bond acceptors (Lipinski definition) is 8. The van der Waals surface area contributed by atoms with Crippen molar-refractivity contribution in [3.63, 3.8) is 0 Å². The number of ether oxygens (including phenoxy) is 2.